The van der Waals surface area contributed by atoms with E-state index < -0.39 is 0 Å². The number of hydrogen-bond donors (Lipinski definition) is 3. The van der Waals surface area contributed by atoms with E-state index >= 15 is 0 Å². The van der Waals surface area contributed by atoms with Gasteiger partial charge in [-0.3, -0.25) is 4.79 Å². The van der Waals surface area contributed by atoms with E-state index in [4.69, 9.17) is 12.2 Å². The molecule has 0 aromatic heterocycles. The predicted molar refractivity (Wildman–Crippen MR) is 71.3 cm³/mol. The summed E-state index contributed by atoms with van der Waals surface area (Å²) in [7, 11) is 0. The second-order valence-electron chi connectivity index (χ2n) is 4.63. The van der Waals surface area contributed by atoms with Crippen LogP contribution in [-0.2, 0) is 4.79 Å². The first-order valence-corrected chi connectivity index (χ1v) is 6.08. The van der Waals surface area contributed by atoms with Gasteiger partial charge in [-0.15, -0.1) is 0 Å². The topological polar surface area (TPSA) is 53.2 Å². The minimum Gasteiger partial charge on any atom is -0.361 e. The fourth-order valence-electron chi connectivity index (χ4n) is 1.02. The Bertz CT molecular complexity index is 241. The molecule has 0 heterocycles. The Balaban J connectivity index is 3.91. The Morgan fingerprint density at radius 1 is 1.12 bits per heavy atom. The van der Waals surface area contributed by atoms with Gasteiger partial charge >= 0.3 is 0 Å². The van der Waals surface area contributed by atoms with E-state index in [1.54, 1.807) is 6.92 Å². The van der Waals surface area contributed by atoms with Gasteiger partial charge in [0.15, 0.2) is 5.11 Å². The van der Waals surface area contributed by atoms with E-state index in [0.29, 0.717) is 17.6 Å². The van der Waals surface area contributed by atoms with E-state index in [-0.39, 0.29) is 18.0 Å². The van der Waals surface area contributed by atoms with Crippen LogP contribution >= 0.6 is 12.2 Å². The lowest BCUT2D eigenvalue weighted by molar-refractivity contribution is -0.122. The van der Waals surface area contributed by atoms with Crippen LogP contribution in [0.15, 0.2) is 0 Å². The van der Waals surface area contributed by atoms with Crippen LogP contribution in [0.2, 0.25) is 0 Å². The molecule has 0 rings (SSSR count). The highest BCUT2D eigenvalue weighted by Crippen LogP contribution is 1.89. The first-order valence-electron chi connectivity index (χ1n) is 5.67. The maximum atomic E-state index is 11.6. The van der Waals surface area contributed by atoms with Crippen LogP contribution in [0.3, 0.4) is 0 Å². The molecule has 0 saturated heterocycles. The molecule has 0 spiro atoms. The van der Waals surface area contributed by atoms with Crippen molar-refractivity contribution in [2.45, 2.75) is 46.7 Å². The van der Waals surface area contributed by atoms with E-state index in [2.05, 4.69) is 29.8 Å². The Morgan fingerprint density at radius 3 is 2.12 bits per heavy atom. The normalized spacial score (nSPS) is 12.4. The summed E-state index contributed by atoms with van der Waals surface area (Å²) in [5.41, 5.74) is 0. The van der Waals surface area contributed by atoms with Crippen molar-refractivity contribution in [2.24, 2.45) is 5.92 Å². The zero-order valence-electron chi connectivity index (χ0n) is 10.8. The number of amides is 1. The number of hydrogen-bond acceptors (Lipinski definition) is 2. The zero-order valence-corrected chi connectivity index (χ0v) is 11.6. The Hall–Kier alpha value is -0.840. The third kappa shape index (κ3) is 7.45. The summed E-state index contributed by atoms with van der Waals surface area (Å²) in [6.07, 6.45) is 0. The summed E-state index contributed by atoms with van der Waals surface area (Å²) in [4.78, 5) is 11.6. The first-order chi connectivity index (χ1) is 7.32. The average molecular weight is 245 g/mol. The van der Waals surface area contributed by atoms with Gasteiger partial charge in [0.1, 0.15) is 6.04 Å². The summed E-state index contributed by atoms with van der Waals surface area (Å²) in [6, 6.07) is -0.0385. The molecule has 1 amide bonds. The molecule has 5 heteroatoms. The van der Waals surface area contributed by atoms with Crippen molar-refractivity contribution in [3.8, 4) is 0 Å². The van der Waals surface area contributed by atoms with Crippen LogP contribution in [-0.4, -0.2) is 29.6 Å². The molecule has 0 radical (unpaired) electrons. The zero-order chi connectivity index (χ0) is 12.7. The third-order valence-electron chi connectivity index (χ3n) is 1.85. The summed E-state index contributed by atoms with van der Waals surface area (Å²) >= 11 is 5.06. The van der Waals surface area contributed by atoms with Crippen molar-refractivity contribution in [2.75, 3.05) is 6.54 Å². The van der Waals surface area contributed by atoms with Crippen LogP contribution in [0.4, 0.5) is 0 Å². The molecule has 0 bridgehead atoms. The molecular formula is C11H23N3OS. The van der Waals surface area contributed by atoms with Crippen molar-refractivity contribution >= 4 is 23.2 Å². The third-order valence-corrected chi connectivity index (χ3v) is 2.08. The quantitative estimate of drug-likeness (QED) is 0.633. The summed E-state index contributed by atoms with van der Waals surface area (Å²) in [5.74, 6) is 0.429. The number of nitrogens with one attached hydrogen (secondary N) is 3. The number of thiocarbonyl (C=S) groups is 1. The van der Waals surface area contributed by atoms with Crippen molar-refractivity contribution in [1.29, 1.82) is 0 Å². The lowest BCUT2D eigenvalue weighted by Gasteiger charge is -2.18. The Kier molecular flexibility index (Phi) is 7.05. The van der Waals surface area contributed by atoms with Gasteiger partial charge in [0, 0.05) is 12.6 Å². The number of carbonyl (C=O) groups is 1. The van der Waals surface area contributed by atoms with Crippen molar-refractivity contribution in [1.82, 2.24) is 16.0 Å². The molecule has 0 fully saturated rings. The fourth-order valence-corrected chi connectivity index (χ4v) is 1.44. The summed E-state index contributed by atoms with van der Waals surface area (Å²) < 4.78 is 0. The van der Waals surface area contributed by atoms with Crippen LogP contribution in [0.1, 0.15) is 34.6 Å². The van der Waals surface area contributed by atoms with Crippen molar-refractivity contribution in [3.05, 3.63) is 0 Å². The summed E-state index contributed by atoms with van der Waals surface area (Å²) in [6.45, 7) is 10.6. The molecular weight excluding hydrogens is 222 g/mol. The molecule has 0 aliphatic rings. The van der Waals surface area contributed by atoms with Gasteiger partial charge in [0.25, 0.3) is 0 Å². The van der Waals surface area contributed by atoms with Gasteiger partial charge in [-0.1, -0.05) is 13.8 Å². The van der Waals surface area contributed by atoms with Gasteiger partial charge in [-0.2, -0.15) is 0 Å². The van der Waals surface area contributed by atoms with Gasteiger partial charge in [0.2, 0.25) is 5.91 Å². The second-order valence-corrected chi connectivity index (χ2v) is 5.04. The van der Waals surface area contributed by atoms with Crippen LogP contribution in [0.5, 0.6) is 0 Å². The largest absolute Gasteiger partial charge is 0.361 e. The highest BCUT2D eigenvalue weighted by molar-refractivity contribution is 7.80. The second kappa shape index (κ2) is 7.44. The SMILES string of the molecule is CC(C)CNC(=O)C(C)NC(=S)NC(C)C. The first kappa shape index (κ1) is 15.2. The predicted octanol–water partition coefficient (Wildman–Crippen LogP) is 1.02. The molecule has 0 aliphatic heterocycles. The molecule has 94 valence electrons. The molecule has 0 aromatic rings. The molecule has 0 saturated carbocycles. The van der Waals surface area contributed by atoms with Crippen LogP contribution < -0.4 is 16.0 Å². The van der Waals surface area contributed by atoms with Gasteiger partial charge in [0.05, 0.1) is 0 Å². The van der Waals surface area contributed by atoms with Crippen LogP contribution in [0.25, 0.3) is 0 Å². The Labute approximate surface area is 104 Å². The smallest absolute Gasteiger partial charge is 0.242 e. The van der Waals surface area contributed by atoms with Crippen LogP contribution in [0, 0.1) is 5.92 Å². The van der Waals surface area contributed by atoms with E-state index in [1.807, 2.05) is 13.8 Å². The van der Waals surface area contributed by atoms with Gasteiger partial charge in [-0.25, -0.2) is 0 Å². The Morgan fingerprint density at radius 2 is 1.69 bits per heavy atom. The molecule has 4 nitrogen and oxygen atoms in total. The molecule has 1 unspecified atom stereocenters. The molecule has 0 aromatic carbocycles. The minimum atomic E-state index is -0.308. The highest BCUT2D eigenvalue weighted by Gasteiger charge is 2.13. The molecule has 16 heavy (non-hydrogen) atoms. The molecule has 0 aliphatic carbocycles. The molecule has 3 N–H and O–H groups in total. The van der Waals surface area contributed by atoms with E-state index in [9.17, 15) is 4.79 Å². The average Bonchev–Trinajstić information content (AvgIpc) is 2.12. The maximum Gasteiger partial charge on any atom is 0.242 e. The lowest BCUT2D eigenvalue weighted by atomic mass is 10.2. The molecule has 1 atom stereocenters. The van der Waals surface area contributed by atoms with E-state index in [0.717, 1.165) is 0 Å². The maximum absolute atomic E-state index is 11.6. The minimum absolute atomic E-state index is 0.0263. The van der Waals surface area contributed by atoms with Gasteiger partial charge in [-0.05, 0) is 38.9 Å². The number of rotatable bonds is 5. The number of carbonyl (C=O) groups excluding carboxylic acids is 1. The lowest BCUT2D eigenvalue weighted by Crippen LogP contribution is -2.50. The van der Waals surface area contributed by atoms with Gasteiger partial charge < -0.3 is 16.0 Å². The van der Waals surface area contributed by atoms with E-state index in [1.165, 1.54) is 0 Å². The van der Waals surface area contributed by atoms with Crippen molar-refractivity contribution in [3.63, 3.8) is 0 Å². The fraction of sp³-hybridized carbons (Fsp3) is 0.818. The van der Waals surface area contributed by atoms with Crippen molar-refractivity contribution < 1.29 is 4.79 Å². The highest BCUT2D eigenvalue weighted by atomic mass is 32.1. The standard InChI is InChI=1S/C11H23N3OS/c1-7(2)6-12-10(15)9(5)14-11(16)13-8(3)4/h7-9H,6H2,1-5H3,(H,12,15)(H2,13,14,16). The monoisotopic (exact) mass is 245 g/mol. The summed E-state index contributed by atoms with van der Waals surface area (Å²) in [5, 5.41) is 9.34.